The minimum Gasteiger partial charge on any atom is -0.376 e. The summed E-state index contributed by atoms with van der Waals surface area (Å²) in [5.41, 5.74) is 5.02. The molecule has 0 aliphatic carbocycles. The molecule has 2 unspecified atom stereocenters. The van der Waals surface area contributed by atoms with Gasteiger partial charge in [-0.2, -0.15) is 0 Å². The molecule has 0 radical (unpaired) electrons. The third-order valence-corrected chi connectivity index (χ3v) is 3.73. The van der Waals surface area contributed by atoms with E-state index < -0.39 is 0 Å². The fourth-order valence-corrected chi connectivity index (χ4v) is 2.44. The number of benzene rings is 1. The van der Waals surface area contributed by atoms with E-state index in [4.69, 9.17) is 22.2 Å². The molecule has 0 spiro atoms. The molecule has 1 aromatic rings. The quantitative estimate of drug-likeness (QED) is 0.644. The van der Waals surface area contributed by atoms with Gasteiger partial charge in [0.15, 0.2) is 0 Å². The fourth-order valence-electron chi connectivity index (χ4n) is 2.25. The van der Waals surface area contributed by atoms with Crippen LogP contribution in [0.4, 0.5) is 0 Å². The zero-order valence-electron chi connectivity index (χ0n) is 10.1. The lowest BCUT2D eigenvalue weighted by molar-refractivity contribution is -0.00821. The third-order valence-electron chi connectivity index (χ3n) is 3.32. The van der Waals surface area contributed by atoms with Crippen LogP contribution in [0.5, 0.6) is 0 Å². The molecule has 3 N–H and O–H groups in total. The summed E-state index contributed by atoms with van der Waals surface area (Å²) in [4.78, 5) is 0. The van der Waals surface area contributed by atoms with Crippen LogP contribution in [0.1, 0.15) is 36.4 Å². The number of halogens is 1. The minimum atomic E-state index is 0.0217. The first-order valence-electron chi connectivity index (χ1n) is 6.06. The smallest absolute Gasteiger partial charge is 0.0782 e. The average molecular weight is 255 g/mol. The summed E-state index contributed by atoms with van der Waals surface area (Å²) in [5, 5.41) is 0.776. The fraction of sp³-hybridized carbons (Fsp3) is 0.538. The highest BCUT2D eigenvalue weighted by molar-refractivity contribution is 6.31. The number of hydrogen-bond acceptors (Lipinski definition) is 3. The molecule has 4 heteroatoms. The van der Waals surface area contributed by atoms with Crippen LogP contribution in [-0.2, 0) is 4.74 Å². The Labute approximate surface area is 107 Å². The molecule has 0 bridgehead atoms. The molecule has 0 amide bonds. The molecule has 0 aromatic heterocycles. The number of hydrazine groups is 1. The van der Waals surface area contributed by atoms with E-state index in [1.165, 1.54) is 6.42 Å². The predicted octanol–water partition coefficient (Wildman–Crippen LogP) is 2.72. The largest absolute Gasteiger partial charge is 0.376 e. The van der Waals surface area contributed by atoms with Crippen molar-refractivity contribution in [2.75, 3.05) is 6.61 Å². The molecule has 94 valence electrons. The van der Waals surface area contributed by atoms with Gasteiger partial charge in [-0.1, -0.05) is 23.7 Å². The normalized spacial score (nSPS) is 22.4. The summed E-state index contributed by atoms with van der Waals surface area (Å²) in [7, 11) is 0. The topological polar surface area (TPSA) is 47.3 Å². The Balaban J connectivity index is 2.18. The molecule has 17 heavy (non-hydrogen) atoms. The van der Waals surface area contributed by atoms with Gasteiger partial charge in [-0.25, -0.2) is 0 Å². The SMILES string of the molecule is Cc1ccc(C(NN)C2CCCCO2)cc1Cl. The molecule has 1 aliphatic heterocycles. The van der Waals surface area contributed by atoms with Crippen LogP contribution in [0.15, 0.2) is 18.2 Å². The summed E-state index contributed by atoms with van der Waals surface area (Å²) in [6.07, 6.45) is 3.53. The van der Waals surface area contributed by atoms with E-state index >= 15 is 0 Å². The highest BCUT2D eigenvalue weighted by Gasteiger charge is 2.25. The van der Waals surface area contributed by atoms with Gasteiger partial charge in [0.1, 0.15) is 0 Å². The molecule has 2 rings (SSSR count). The Bertz CT molecular complexity index is 378. The van der Waals surface area contributed by atoms with Gasteiger partial charge < -0.3 is 4.74 Å². The van der Waals surface area contributed by atoms with E-state index in [2.05, 4.69) is 11.5 Å². The Morgan fingerprint density at radius 3 is 2.88 bits per heavy atom. The molecule has 1 aliphatic rings. The number of ether oxygens (including phenoxy) is 1. The van der Waals surface area contributed by atoms with Gasteiger partial charge in [-0.05, 0) is 43.4 Å². The maximum Gasteiger partial charge on any atom is 0.0782 e. The van der Waals surface area contributed by atoms with Gasteiger partial charge in [0, 0.05) is 11.6 Å². The summed E-state index contributed by atoms with van der Waals surface area (Å²) < 4.78 is 5.77. The van der Waals surface area contributed by atoms with Crippen LogP contribution in [0, 0.1) is 6.92 Å². The van der Waals surface area contributed by atoms with E-state index in [0.29, 0.717) is 0 Å². The lowest BCUT2D eigenvalue weighted by Gasteiger charge is -2.30. The third kappa shape index (κ3) is 2.99. The number of nitrogens with one attached hydrogen (secondary N) is 1. The van der Waals surface area contributed by atoms with Crippen LogP contribution in [0.2, 0.25) is 5.02 Å². The van der Waals surface area contributed by atoms with Crippen LogP contribution in [0.3, 0.4) is 0 Å². The first-order chi connectivity index (χ1) is 8.22. The molecule has 0 saturated carbocycles. The van der Waals surface area contributed by atoms with E-state index in [-0.39, 0.29) is 12.1 Å². The van der Waals surface area contributed by atoms with Crippen molar-refractivity contribution in [1.82, 2.24) is 5.43 Å². The van der Waals surface area contributed by atoms with Crippen molar-refractivity contribution in [2.45, 2.75) is 38.3 Å². The second kappa shape index (κ2) is 5.83. The summed E-state index contributed by atoms with van der Waals surface area (Å²) in [6.45, 7) is 2.82. The van der Waals surface area contributed by atoms with Crippen molar-refractivity contribution in [1.29, 1.82) is 0 Å². The van der Waals surface area contributed by atoms with Crippen molar-refractivity contribution in [3.05, 3.63) is 34.3 Å². The Hall–Kier alpha value is -0.610. The van der Waals surface area contributed by atoms with Gasteiger partial charge in [0.05, 0.1) is 12.1 Å². The number of rotatable bonds is 3. The van der Waals surface area contributed by atoms with Crippen LogP contribution >= 0.6 is 11.6 Å². The molecular weight excluding hydrogens is 236 g/mol. The Morgan fingerprint density at radius 1 is 1.47 bits per heavy atom. The maximum absolute atomic E-state index is 6.14. The van der Waals surface area contributed by atoms with Crippen LogP contribution in [0.25, 0.3) is 0 Å². The van der Waals surface area contributed by atoms with Crippen molar-refractivity contribution in [3.8, 4) is 0 Å². The van der Waals surface area contributed by atoms with Gasteiger partial charge in [0.2, 0.25) is 0 Å². The average Bonchev–Trinajstić information content (AvgIpc) is 2.36. The lowest BCUT2D eigenvalue weighted by Crippen LogP contribution is -2.39. The molecule has 3 nitrogen and oxygen atoms in total. The van der Waals surface area contributed by atoms with Crippen LogP contribution in [-0.4, -0.2) is 12.7 Å². The maximum atomic E-state index is 6.14. The van der Waals surface area contributed by atoms with Crippen molar-refractivity contribution in [2.24, 2.45) is 5.84 Å². The van der Waals surface area contributed by atoms with E-state index in [9.17, 15) is 0 Å². The second-order valence-corrected chi connectivity index (χ2v) is 4.97. The van der Waals surface area contributed by atoms with E-state index in [1.54, 1.807) is 0 Å². The monoisotopic (exact) mass is 254 g/mol. The first kappa shape index (κ1) is 12.8. The Kier molecular flexibility index (Phi) is 4.40. The van der Waals surface area contributed by atoms with Crippen molar-refractivity contribution >= 4 is 11.6 Å². The molecule has 1 aromatic carbocycles. The number of nitrogens with two attached hydrogens (primary N) is 1. The Morgan fingerprint density at radius 2 is 2.29 bits per heavy atom. The molecule has 2 atom stereocenters. The second-order valence-electron chi connectivity index (χ2n) is 4.56. The van der Waals surface area contributed by atoms with Gasteiger partial charge in [-0.3, -0.25) is 11.3 Å². The summed E-state index contributed by atoms with van der Waals surface area (Å²) in [6, 6.07) is 6.07. The zero-order valence-corrected chi connectivity index (χ0v) is 10.8. The molecule has 1 heterocycles. The number of aryl methyl sites for hydroxylation is 1. The van der Waals surface area contributed by atoms with E-state index in [0.717, 1.165) is 35.6 Å². The highest BCUT2D eigenvalue weighted by atomic mass is 35.5. The van der Waals surface area contributed by atoms with Gasteiger partial charge >= 0.3 is 0 Å². The minimum absolute atomic E-state index is 0.0217. The summed E-state index contributed by atoms with van der Waals surface area (Å²) in [5.74, 6) is 5.65. The van der Waals surface area contributed by atoms with E-state index in [1.807, 2.05) is 19.1 Å². The molecular formula is C13H19ClN2O. The lowest BCUT2D eigenvalue weighted by atomic mass is 9.95. The predicted molar refractivity (Wildman–Crippen MR) is 69.8 cm³/mol. The highest BCUT2D eigenvalue weighted by Crippen LogP contribution is 2.28. The van der Waals surface area contributed by atoms with Crippen LogP contribution < -0.4 is 11.3 Å². The zero-order chi connectivity index (χ0) is 12.3. The standard InChI is InChI=1S/C13H19ClN2O/c1-9-5-6-10(8-11(9)14)13(16-15)12-4-2-3-7-17-12/h5-6,8,12-13,16H,2-4,7,15H2,1H3. The first-order valence-corrected chi connectivity index (χ1v) is 6.44. The van der Waals surface area contributed by atoms with Crippen molar-refractivity contribution < 1.29 is 4.74 Å². The molecule has 1 fully saturated rings. The summed E-state index contributed by atoms with van der Waals surface area (Å²) >= 11 is 6.14. The van der Waals surface area contributed by atoms with Crippen molar-refractivity contribution in [3.63, 3.8) is 0 Å². The molecule has 1 saturated heterocycles. The van der Waals surface area contributed by atoms with Gasteiger partial charge in [-0.15, -0.1) is 0 Å². The number of hydrogen-bond donors (Lipinski definition) is 2. The van der Waals surface area contributed by atoms with Gasteiger partial charge in [0.25, 0.3) is 0 Å².